The molecule has 2 aromatic carbocycles. The number of nitrogens with zero attached hydrogens (tertiary/aromatic N) is 1. The van der Waals surface area contributed by atoms with E-state index in [1.54, 1.807) is 19.2 Å². The summed E-state index contributed by atoms with van der Waals surface area (Å²) >= 11 is 1.48. The number of ether oxygens (including phenoxy) is 1. The molecule has 0 saturated heterocycles. The van der Waals surface area contributed by atoms with Crippen LogP contribution in [-0.4, -0.2) is 30.5 Å². The van der Waals surface area contributed by atoms with Crippen molar-refractivity contribution in [3.63, 3.8) is 0 Å². The molecular formula is C25H29N3O3S. The monoisotopic (exact) mass is 451 g/mol. The van der Waals surface area contributed by atoms with Gasteiger partial charge in [-0.2, -0.15) is 0 Å². The molecule has 0 spiro atoms. The van der Waals surface area contributed by atoms with Gasteiger partial charge in [-0.3, -0.25) is 9.59 Å². The van der Waals surface area contributed by atoms with Gasteiger partial charge in [0.2, 0.25) is 5.91 Å². The summed E-state index contributed by atoms with van der Waals surface area (Å²) in [7, 11) is 1.66. The smallest absolute Gasteiger partial charge is 0.251 e. The Morgan fingerprint density at radius 2 is 1.81 bits per heavy atom. The molecular weight excluding hydrogens is 422 g/mol. The minimum Gasteiger partial charge on any atom is -0.496 e. The van der Waals surface area contributed by atoms with E-state index < -0.39 is 0 Å². The van der Waals surface area contributed by atoms with Crippen LogP contribution in [0.3, 0.4) is 0 Å². The van der Waals surface area contributed by atoms with Crippen LogP contribution in [0.2, 0.25) is 0 Å². The molecule has 3 aromatic rings. The van der Waals surface area contributed by atoms with Crippen molar-refractivity contribution in [2.24, 2.45) is 0 Å². The van der Waals surface area contributed by atoms with Gasteiger partial charge in [-0.15, -0.1) is 11.3 Å². The third-order valence-corrected chi connectivity index (χ3v) is 6.00. The zero-order valence-electron chi connectivity index (χ0n) is 18.7. The number of anilines is 1. The summed E-state index contributed by atoms with van der Waals surface area (Å²) in [5.41, 5.74) is 3.60. The molecule has 0 fully saturated rings. The number of nitrogens with one attached hydrogen (secondary N) is 2. The van der Waals surface area contributed by atoms with Gasteiger partial charge in [-0.1, -0.05) is 24.6 Å². The summed E-state index contributed by atoms with van der Waals surface area (Å²) in [6, 6.07) is 15.1. The second-order valence-corrected chi connectivity index (χ2v) is 8.79. The SMILES string of the molecule is COc1ccc(-c2nc(NC(=O)CCCCCNC(=O)c3ccccc3)sc2C)cc1C. The quantitative estimate of drug-likeness (QED) is 0.407. The largest absolute Gasteiger partial charge is 0.496 e. The van der Waals surface area contributed by atoms with Crippen LogP contribution in [0.5, 0.6) is 5.75 Å². The average Bonchev–Trinajstić information content (AvgIpc) is 3.16. The van der Waals surface area contributed by atoms with Gasteiger partial charge >= 0.3 is 0 Å². The van der Waals surface area contributed by atoms with Crippen LogP contribution in [-0.2, 0) is 4.79 Å². The molecule has 0 radical (unpaired) electrons. The maximum atomic E-state index is 12.3. The van der Waals surface area contributed by atoms with Crippen molar-refractivity contribution in [1.29, 1.82) is 0 Å². The fourth-order valence-electron chi connectivity index (χ4n) is 3.41. The van der Waals surface area contributed by atoms with E-state index in [9.17, 15) is 9.59 Å². The first-order valence-corrected chi connectivity index (χ1v) is 11.5. The van der Waals surface area contributed by atoms with Crippen LogP contribution in [0.1, 0.15) is 46.5 Å². The van der Waals surface area contributed by atoms with Gasteiger partial charge in [-0.25, -0.2) is 4.98 Å². The highest BCUT2D eigenvalue weighted by Gasteiger charge is 2.13. The Hall–Kier alpha value is -3.19. The van der Waals surface area contributed by atoms with Crippen molar-refractivity contribution in [2.75, 3.05) is 19.0 Å². The predicted octanol–water partition coefficient (Wildman–Crippen LogP) is 5.36. The highest BCUT2D eigenvalue weighted by molar-refractivity contribution is 7.16. The van der Waals surface area contributed by atoms with Gasteiger partial charge in [0.1, 0.15) is 5.75 Å². The maximum absolute atomic E-state index is 12.3. The van der Waals surface area contributed by atoms with Crippen LogP contribution in [0.4, 0.5) is 5.13 Å². The van der Waals surface area contributed by atoms with E-state index >= 15 is 0 Å². The van der Waals surface area contributed by atoms with Gasteiger partial charge < -0.3 is 15.4 Å². The van der Waals surface area contributed by atoms with Crippen molar-refractivity contribution >= 4 is 28.3 Å². The predicted molar refractivity (Wildman–Crippen MR) is 129 cm³/mol. The van der Waals surface area contributed by atoms with Crippen molar-refractivity contribution in [3.05, 3.63) is 64.5 Å². The molecule has 168 valence electrons. The second kappa shape index (κ2) is 11.4. The van der Waals surface area contributed by atoms with E-state index in [1.165, 1.54) is 11.3 Å². The summed E-state index contributed by atoms with van der Waals surface area (Å²) in [4.78, 5) is 30.0. The summed E-state index contributed by atoms with van der Waals surface area (Å²) in [6.07, 6.45) is 2.91. The molecule has 0 atom stereocenters. The minimum atomic E-state index is -0.0645. The number of carbonyl (C=O) groups excluding carboxylic acids is 2. The van der Waals surface area contributed by atoms with Gasteiger partial charge in [0, 0.05) is 29.0 Å². The molecule has 0 bridgehead atoms. The van der Waals surface area contributed by atoms with Crippen LogP contribution in [0, 0.1) is 13.8 Å². The van der Waals surface area contributed by atoms with E-state index in [0.29, 0.717) is 23.7 Å². The van der Waals surface area contributed by atoms with E-state index in [1.807, 2.05) is 50.2 Å². The standard InChI is InChI=1S/C25H29N3O3S/c1-17-16-20(13-14-21(17)31-3)23-18(2)32-25(28-23)27-22(29)12-8-5-9-15-26-24(30)19-10-6-4-7-11-19/h4,6-7,10-11,13-14,16H,5,8-9,12,15H2,1-3H3,(H,26,30)(H,27,28,29). The molecule has 2 N–H and O–H groups in total. The Labute approximate surface area is 193 Å². The molecule has 0 unspecified atom stereocenters. The molecule has 2 amide bonds. The van der Waals surface area contributed by atoms with Gasteiger partial charge in [0.15, 0.2) is 5.13 Å². The van der Waals surface area contributed by atoms with Gasteiger partial charge in [-0.05, 0) is 62.6 Å². The molecule has 7 heteroatoms. The zero-order valence-corrected chi connectivity index (χ0v) is 19.6. The fourth-order valence-corrected chi connectivity index (χ4v) is 4.26. The van der Waals surface area contributed by atoms with Crippen molar-refractivity contribution in [3.8, 4) is 17.0 Å². The number of hydrogen-bond donors (Lipinski definition) is 2. The van der Waals surface area contributed by atoms with Crippen molar-refractivity contribution < 1.29 is 14.3 Å². The number of rotatable bonds is 10. The molecule has 0 aliphatic rings. The number of methoxy groups -OCH3 is 1. The van der Waals surface area contributed by atoms with E-state index in [4.69, 9.17) is 4.74 Å². The number of benzene rings is 2. The fraction of sp³-hybridized carbons (Fsp3) is 0.320. The third-order valence-electron chi connectivity index (χ3n) is 5.11. The molecule has 1 heterocycles. The Morgan fingerprint density at radius 3 is 2.53 bits per heavy atom. The van der Waals surface area contributed by atoms with Crippen LogP contribution in [0.25, 0.3) is 11.3 Å². The lowest BCUT2D eigenvalue weighted by Gasteiger charge is -2.06. The molecule has 1 aromatic heterocycles. The highest BCUT2D eigenvalue weighted by atomic mass is 32.1. The Balaban J connectivity index is 1.40. The summed E-state index contributed by atoms with van der Waals surface area (Å²) in [5.74, 6) is 0.740. The molecule has 0 saturated carbocycles. The van der Waals surface area contributed by atoms with Crippen LogP contribution in [0.15, 0.2) is 48.5 Å². The number of thiazole rings is 1. The second-order valence-electron chi connectivity index (χ2n) is 7.59. The van der Waals surface area contributed by atoms with Crippen LogP contribution < -0.4 is 15.4 Å². The normalized spacial score (nSPS) is 10.6. The molecule has 32 heavy (non-hydrogen) atoms. The number of aromatic nitrogens is 1. The average molecular weight is 452 g/mol. The number of aryl methyl sites for hydroxylation is 2. The van der Waals surface area contributed by atoms with Crippen LogP contribution >= 0.6 is 11.3 Å². The zero-order chi connectivity index (χ0) is 22.9. The van der Waals surface area contributed by atoms with E-state index in [-0.39, 0.29) is 11.8 Å². The van der Waals surface area contributed by atoms with E-state index in [0.717, 1.165) is 46.7 Å². The number of amides is 2. The lowest BCUT2D eigenvalue weighted by atomic mass is 10.1. The van der Waals surface area contributed by atoms with Crippen molar-refractivity contribution in [2.45, 2.75) is 39.5 Å². The number of unbranched alkanes of at least 4 members (excludes halogenated alkanes) is 2. The first-order valence-electron chi connectivity index (χ1n) is 10.7. The Morgan fingerprint density at radius 1 is 1.03 bits per heavy atom. The van der Waals surface area contributed by atoms with E-state index in [2.05, 4.69) is 15.6 Å². The summed E-state index contributed by atoms with van der Waals surface area (Å²) in [6.45, 7) is 4.61. The number of hydrogen-bond acceptors (Lipinski definition) is 5. The summed E-state index contributed by atoms with van der Waals surface area (Å²) < 4.78 is 5.32. The lowest BCUT2D eigenvalue weighted by molar-refractivity contribution is -0.116. The molecule has 3 rings (SSSR count). The first-order chi connectivity index (χ1) is 15.5. The Kier molecular flexibility index (Phi) is 8.39. The number of carbonyl (C=O) groups is 2. The minimum absolute atomic E-state index is 0.0375. The lowest BCUT2D eigenvalue weighted by Crippen LogP contribution is -2.24. The molecule has 0 aliphatic heterocycles. The van der Waals surface area contributed by atoms with Gasteiger partial charge in [0.25, 0.3) is 5.91 Å². The highest BCUT2D eigenvalue weighted by Crippen LogP contribution is 2.32. The Bertz CT molecular complexity index is 1060. The topological polar surface area (TPSA) is 80.3 Å². The van der Waals surface area contributed by atoms with Crippen molar-refractivity contribution in [1.82, 2.24) is 10.3 Å². The summed E-state index contributed by atoms with van der Waals surface area (Å²) in [5, 5.41) is 6.44. The third kappa shape index (κ3) is 6.40. The van der Waals surface area contributed by atoms with Gasteiger partial charge in [0.05, 0.1) is 12.8 Å². The first kappa shape index (κ1) is 23.5. The maximum Gasteiger partial charge on any atom is 0.251 e. The molecule has 0 aliphatic carbocycles. The molecule has 6 nitrogen and oxygen atoms in total.